The summed E-state index contributed by atoms with van der Waals surface area (Å²) in [7, 11) is 0. The number of benzene rings is 2. The largest absolute Gasteiger partial charge is 0.480 e. The second kappa shape index (κ2) is 9.25. The van der Waals surface area contributed by atoms with Gasteiger partial charge in [0.15, 0.2) is 0 Å². The minimum Gasteiger partial charge on any atom is -0.480 e. The first-order chi connectivity index (χ1) is 17.0. The molecule has 1 aliphatic heterocycles. The van der Waals surface area contributed by atoms with Crippen LogP contribution in [0.4, 0.5) is 4.79 Å². The van der Waals surface area contributed by atoms with Crippen LogP contribution < -0.4 is 5.32 Å². The Morgan fingerprint density at radius 2 is 1.77 bits per heavy atom. The first-order valence-electron chi connectivity index (χ1n) is 11.5. The van der Waals surface area contributed by atoms with Gasteiger partial charge < -0.3 is 24.6 Å². The molecule has 2 aromatic carbocycles. The molecular weight excluding hydrogens is 450 g/mol. The molecule has 0 bridgehead atoms. The van der Waals surface area contributed by atoms with Crippen molar-refractivity contribution in [3.8, 4) is 11.1 Å². The number of nitrogens with zero attached hydrogens (tertiary/aromatic N) is 2. The van der Waals surface area contributed by atoms with Crippen LogP contribution in [0.2, 0.25) is 0 Å². The quantitative estimate of drug-likeness (QED) is 0.558. The van der Waals surface area contributed by atoms with Crippen molar-refractivity contribution in [1.29, 1.82) is 0 Å². The standard InChI is InChI=1S/C26H25N3O6/c1-15-10-11-29(23(15)25(31)32)24(30)21-14-35-28-22(21)12-27-26(33)34-13-20-18-8-4-2-6-16(18)17-7-3-5-9-19(17)20/h2-9,14-15,20,23H,10-13H2,1H3,(H,27,33)(H,31,32). The number of carboxylic acids is 1. The van der Waals surface area contributed by atoms with Crippen LogP contribution in [0.5, 0.6) is 0 Å². The molecule has 1 fully saturated rings. The van der Waals surface area contributed by atoms with Crippen LogP contribution in [-0.4, -0.2) is 52.3 Å². The fraction of sp³-hybridized carbons (Fsp3) is 0.308. The Labute approximate surface area is 201 Å². The number of alkyl carbamates (subject to hydrolysis) is 1. The summed E-state index contributed by atoms with van der Waals surface area (Å²) in [5.74, 6) is -1.74. The Hall–Kier alpha value is -4.14. The number of carboxylic acid groups (broad SMARTS) is 1. The van der Waals surface area contributed by atoms with Gasteiger partial charge in [0, 0.05) is 12.5 Å². The molecular formula is C26H25N3O6. The summed E-state index contributed by atoms with van der Waals surface area (Å²) in [5, 5.41) is 16.0. The number of fused-ring (bicyclic) bond motifs is 3. The average Bonchev–Trinajstić information content (AvgIpc) is 3.57. The third-order valence-electron chi connectivity index (χ3n) is 6.83. The number of aromatic nitrogens is 1. The third kappa shape index (κ3) is 4.14. The molecule has 0 saturated carbocycles. The Balaban J connectivity index is 1.22. The van der Waals surface area contributed by atoms with Crippen LogP contribution in [0, 0.1) is 5.92 Å². The summed E-state index contributed by atoms with van der Waals surface area (Å²) in [6.45, 7) is 2.21. The van der Waals surface area contributed by atoms with Gasteiger partial charge in [-0.15, -0.1) is 0 Å². The summed E-state index contributed by atoms with van der Waals surface area (Å²) >= 11 is 0. The number of likely N-dealkylation sites (tertiary alicyclic amines) is 1. The van der Waals surface area contributed by atoms with Crippen molar-refractivity contribution in [2.75, 3.05) is 13.2 Å². The average molecular weight is 476 g/mol. The predicted molar refractivity (Wildman–Crippen MR) is 125 cm³/mol. The number of hydrogen-bond acceptors (Lipinski definition) is 6. The first kappa shape index (κ1) is 22.6. The first-order valence-corrected chi connectivity index (χ1v) is 11.5. The maximum Gasteiger partial charge on any atom is 0.407 e. The van der Waals surface area contributed by atoms with E-state index < -0.39 is 24.0 Å². The molecule has 2 N–H and O–H groups in total. The summed E-state index contributed by atoms with van der Waals surface area (Å²) in [6.07, 6.45) is 1.13. The number of hydrogen-bond donors (Lipinski definition) is 2. The number of aliphatic carboxylic acids is 1. The van der Waals surface area contributed by atoms with Gasteiger partial charge in [-0.1, -0.05) is 60.6 Å². The van der Waals surface area contributed by atoms with E-state index in [2.05, 4.69) is 22.6 Å². The number of carbonyl (C=O) groups is 3. The second-order valence-corrected chi connectivity index (χ2v) is 8.90. The molecule has 2 atom stereocenters. The van der Waals surface area contributed by atoms with E-state index in [0.29, 0.717) is 13.0 Å². The molecule has 9 nitrogen and oxygen atoms in total. The highest BCUT2D eigenvalue weighted by Crippen LogP contribution is 2.44. The zero-order valence-corrected chi connectivity index (χ0v) is 19.1. The second-order valence-electron chi connectivity index (χ2n) is 8.90. The van der Waals surface area contributed by atoms with Crippen molar-refractivity contribution >= 4 is 18.0 Å². The maximum atomic E-state index is 13.0. The van der Waals surface area contributed by atoms with Crippen LogP contribution in [0.3, 0.4) is 0 Å². The van der Waals surface area contributed by atoms with E-state index in [0.717, 1.165) is 22.3 Å². The molecule has 3 aromatic rings. The van der Waals surface area contributed by atoms with Crippen LogP contribution in [0.1, 0.15) is 46.4 Å². The Bertz CT molecular complexity index is 1240. The third-order valence-corrected chi connectivity index (χ3v) is 6.83. The zero-order valence-electron chi connectivity index (χ0n) is 19.1. The lowest BCUT2D eigenvalue weighted by Gasteiger charge is -2.23. The van der Waals surface area contributed by atoms with Crippen molar-refractivity contribution in [3.63, 3.8) is 0 Å². The van der Waals surface area contributed by atoms with Crippen LogP contribution in [0.15, 0.2) is 59.3 Å². The maximum absolute atomic E-state index is 13.0. The highest BCUT2D eigenvalue weighted by atomic mass is 16.5. The van der Waals surface area contributed by atoms with E-state index in [1.165, 1.54) is 11.2 Å². The molecule has 1 aliphatic carbocycles. The van der Waals surface area contributed by atoms with Gasteiger partial charge in [-0.2, -0.15) is 0 Å². The van der Waals surface area contributed by atoms with E-state index in [1.54, 1.807) is 6.92 Å². The summed E-state index contributed by atoms with van der Waals surface area (Å²) < 4.78 is 10.5. The molecule has 0 radical (unpaired) electrons. The van der Waals surface area contributed by atoms with Crippen molar-refractivity contribution in [3.05, 3.63) is 77.2 Å². The van der Waals surface area contributed by atoms with Crippen LogP contribution >= 0.6 is 0 Å². The number of nitrogens with one attached hydrogen (secondary N) is 1. The molecule has 2 unspecified atom stereocenters. The summed E-state index contributed by atoms with van der Waals surface area (Å²) in [6, 6.07) is 15.2. The Morgan fingerprint density at radius 1 is 1.11 bits per heavy atom. The van der Waals surface area contributed by atoms with Gasteiger partial charge in [0.25, 0.3) is 5.91 Å². The van der Waals surface area contributed by atoms with E-state index in [1.807, 2.05) is 36.4 Å². The lowest BCUT2D eigenvalue weighted by molar-refractivity contribution is -0.142. The van der Waals surface area contributed by atoms with Crippen molar-refractivity contribution in [1.82, 2.24) is 15.4 Å². The van der Waals surface area contributed by atoms with Gasteiger partial charge >= 0.3 is 12.1 Å². The predicted octanol–water partition coefficient (Wildman–Crippen LogP) is 3.65. The molecule has 2 amide bonds. The topological polar surface area (TPSA) is 122 Å². The van der Waals surface area contributed by atoms with E-state index in [-0.39, 0.29) is 36.2 Å². The molecule has 35 heavy (non-hydrogen) atoms. The minimum absolute atomic E-state index is 0.0672. The SMILES string of the molecule is CC1CCN(C(=O)c2conc2CNC(=O)OCC2c3ccccc3-c3ccccc32)C1C(=O)O. The zero-order chi connectivity index (χ0) is 24.5. The lowest BCUT2D eigenvalue weighted by atomic mass is 9.98. The smallest absolute Gasteiger partial charge is 0.407 e. The minimum atomic E-state index is -1.04. The molecule has 5 rings (SSSR count). The monoisotopic (exact) mass is 475 g/mol. The lowest BCUT2D eigenvalue weighted by Crippen LogP contribution is -2.43. The number of carbonyl (C=O) groups excluding carboxylic acids is 2. The molecule has 2 heterocycles. The van der Waals surface area contributed by atoms with Gasteiger partial charge in [0.1, 0.15) is 30.2 Å². The van der Waals surface area contributed by atoms with E-state index in [4.69, 9.17) is 9.26 Å². The van der Waals surface area contributed by atoms with Gasteiger partial charge in [-0.05, 0) is 34.6 Å². The number of rotatable bonds is 6. The van der Waals surface area contributed by atoms with E-state index >= 15 is 0 Å². The number of amides is 2. The van der Waals surface area contributed by atoms with Gasteiger partial charge in [-0.3, -0.25) is 4.79 Å². The van der Waals surface area contributed by atoms with Crippen LogP contribution in [0.25, 0.3) is 11.1 Å². The van der Waals surface area contributed by atoms with E-state index in [9.17, 15) is 19.5 Å². The van der Waals surface area contributed by atoms with Gasteiger partial charge in [0.05, 0.1) is 6.54 Å². The Morgan fingerprint density at radius 3 is 2.43 bits per heavy atom. The molecule has 180 valence electrons. The Kier molecular flexibility index (Phi) is 5.98. The van der Waals surface area contributed by atoms with Gasteiger partial charge in [-0.25, -0.2) is 9.59 Å². The fourth-order valence-electron chi connectivity index (χ4n) is 5.07. The molecule has 0 spiro atoms. The molecule has 1 aromatic heterocycles. The van der Waals surface area contributed by atoms with Crippen LogP contribution in [-0.2, 0) is 16.1 Å². The highest BCUT2D eigenvalue weighted by molar-refractivity contribution is 5.97. The van der Waals surface area contributed by atoms with Crippen molar-refractivity contribution < 1.29 is 28.8 Å². The molecule has 2 aliphatic rings. The molecule has 9 heteroatoms. The summed E-state index contributed by atoms with van der Waals surface area (Å²) in [4.78, 5) is 38.4. The molecule has 1 saturated heterocycles. The normalized spacial score (nSPS) is 18.7. The van der Waals surface area contributed by atoms with Gasteiger partial charge in [0.2, 0.25) is 0 Å². The van der Waals surface area contributed by atoms with Crippen molar-refractivity contribution in [2.24, 2.45) is 5.92 Å². The van der Waals surface area contributed by atoms with Crippen molar-refractivity contribution in [2.45, 2.75) is 31.8 Å². The number of ether oxygens (including phenoxy) is 1. The highest BCUT2D eigenvalue weighted by Gasteiger charge is 2.41. The summed E-state index contributed by atoms with van der Waals surface area (Å²) in [5.41, 5.74) is 4.84. The fourth-order valence-corrected chi connectivity index (χ4v) is 5.07.